The van der Waals surface area contributed by atoms with Gasteiger partial charge in [-0.25, -0.2) is 0 Å². The minimum absolute atomic E-state index is 0.121. The van der Waals surface area contributed by atoms with Crippen molar-refractivity contribution in [2.24, 2.45) is 5.73 Å². The second-order valence-corrected chi connectivity index (χ2v) is 3.06. The second-order valence-electron chi connectivity index (χ2n) is 3.06. The number of hydrogen-bond acceptors (Lipinski definition) is 4. The Morgan fingerprint density at radius 3 is 3.08 bits per heavy atom. The fraction of sp³-hybridized carbons (Fsp3) is 0.875. The van der Waals surface area contributed by atoms with Crippen LogP contribution in [0, 0.1) is 0 Å². The van der Waals surface area contributed by atoms with Gasteiger partial charge in [0.25, 0.3) is 0 Å². The lowest BCUT2D eigenvalue weighted by Crippen LogP contribution is -2.43. The van der Waals surface area contributed by atoms with Crippen molar-refractivity contribution in [2.45, 2.75) is 18.6 Å². The summed E-state index contributed by atoms with van der Waals surface area (Å²) in [5, 5.41) is 2.79. The molecule has 0 bridgehead atoms. The van der Waals surface area contributed by atoms with Gasteiger partial charge in [-0.2, -0.15) is 0 Å². The van der Waals surface area contributed by atoms with E-state index in [1.807, 2.05) is 0 Å². The molecule has 0 aromatic heterocycles. The molecule has 0 saturated carbocycles. The lowest BCUT2D eigenvalue weighted by molar-refractivity contribution is -0.122. The van der Waals surface area contributed by atoms with E-state index in [2.05, 4.69) is 5.32 Å². The van der Waals surface area contributed by atoms with Crippen LogP contribution < -0.4 is 11.1 Å². The average molecular weight is 188 g/mol. The molecule has 5 heteroatoms. The molecule has 1 aliphatic rings. The van der Waals surface area contributed by atoms with Crippen molar-refractivity contribution in [2.75, 3.05) is 26.9 Å². The number of hydrogen-bond donors (Lipinski definition) is 2. The number of nitrogens with two attached hydrogens (primary N) is 1. The van der Waals surface area contributed by atoms with Gasteiger partial charge in [-0.1, -0.05) is 0 Å². The lowest BCUT2D eigenvalue weighted by atomic mass is 10.3. The predicted molar refractivity (Wildman–Crippen MR) is 47.2 cm³/mol. The van der Waals surface area contributed by atoms with Crippen LogP contribution in [-0.4, -0.2) is 44.9 Å². The normalized spacial score (nSPS) is 24.5. The van der Waals surface area contributed by atoms with Crippen LogP contribution in [0.5, 0.6) is 0 Å². The number of likely N-dealkylation sites (N-methyl/N-ethyl adjacent to an activating group) is 1. The smallest absolute Gasteiger partial charge is 0.236 e. The van der Waals surface area contributed by atoms with E-state index in [4.69, 9.17) is 15.2 Å². The Kier molecular flexibility index (Phi) is 4.14. The van der Waals surface area contributed by atoms with Crippen LogP contribution in [0.1, 0.15) is 6.42 Å². The number of nitrogens with one attached hydrogen (secondary N) is 1. The first-order valence-electron chi connectivity index (χ1n) is 4.40. The molecular weight excluding hydrogens is 172 g/mol. The highest BCUT2D eigenvalue weighted by molar-refractivity contribution is 5.79. The SMILES string of the molecule is CNC(COC1CCOC1)C(N)=O. The molecule has 0 aromatic carbocycles. The van der Waals surface area contributed by atoms with Crippen molar-refractivity contribution < 1.29 is 14.3 Å². The van der Waals surface area contributed by atoms with E-state index in [-0.39, 0.29) is 12.0 Å². The minimum atomic E-state index is -0.402. The fourth-order valence-corrected chi connectivity index (χ4v) is 1.18. The zero-order chi connectivity index (χ0) is 9.68. The van der Waals surface area contributed by atoms with Crippen molar-refractivity contribution in [1.29, 1.82) is 0 Å². The monoisotopic (exact) mass is 188 g/mol. The molecule has 0 aromatic rings. The molecular formula is C8H16N2O3. The summed E-state index contributed by atoms with van der Waals surface area (Å²) in [6, 6.07) is -0.402. The molecule has 2 atom stereocenters. The van der Waals surface area contributed by atoms with Gasteiger partial charge in [0.05, 0.1) is 19.3 Å². The Balaban J connectivity index is 2.18. The number of carbonyl (C=O) groups excluding carboxylic acids is 1. The molecule has 1 rings (SSSR count). The largest absolute Gasteiger partial charge is 0.379 e. The maximum atomic E-state index is 10.8. The van der Waals surface area contributed by atoms with Crippen LogP contribution in [0.4, 0.5) is 0 Å². The molecule has 2 unspecified atom stereocenters. The zero-order valence-electron chi connectivity index (χ0n) is 7.79. The third-order valence-corrected chi connectivity index (χ3v) is 2.08. The van der Waals surface area contributed by atoms with Crippen LogP contribution in [0.25, 0.3) is 0 Å². The third kappa shape index (κ3) is 3.30. The van der Waals surface area contributed by atoms with Crippen molar-refractivity contribution in [1.82, 2.24) is 5.32 Å². The zero-order valence-corrected chi connectivity index (χ0v) is 7.79. The molecule has 76 valence electrons. The number of ether oxygens (including phenoxy) is 2. The summed E-state index contributed by atoms with van der Waals surface area (Å²) < 4.78 is 10.6. The van der Waals surface area contributed by atoms with Gasteiger partial charge >= 0.3 is 0 Å². The van der Waals surface area contributed by atoms with Gasteiger partial charge in [-0.15, -0.1) is 0 Å². The van der Waals surface area contributed by atoms with Gasteiger partial charge in [0.1, 0.15) is 6.04 Å². The number of amides is 1. The molecule has 0 spiro atoms. The highest BCUT2D eigenvalue weighted by Gasteiger charge is 2.19. The summed E-state index contributed by atoms with van der Waals surface area (Å²) in [5.41, 5.74) is 5.12. The Morgan fingerprint density at radius 1 is 1.85 bits per heavy atom. The Morgan fingerprint density at radius 2 is 2.62 bits per heavy atom. The highest BCUT2D eigenvalue weighted by Crippen LogP contribution is 2.07. The molecule has 0 radical (unpaired) electrons. The van der Waals surface area contributed by atoms with Crippen LogP contribution in [0.2, 0.25) is 0 Å². The molecule has 0 aliphatic carbocycles. The number of carbonyl (C=O) groups is 1. The predicted octanol–water partition coefficient (Wildman–Crippen LogP) is -1.13. The van der Waals surface area contributed by atoms with E-state index < -0.39 is 6.04 Å². The second kappa shape index (κ2) is 5.16. The summed E-state index contributed by atoms with van der Waals surface area (Å²) in [6.45, 7) is 1.68. The maximum Gasteiger partial charge on any atom is 0.236 e. The van der Waals surface area contributed by atoms with E-state index in [1.165, 1.54) is 0 Å². The molecule has 1 amide bonds. The quantitative estimate of drug-likeness (QED) is 0.572. The number of rotatable bonds is 5. The Bertz CT molecular complexity index is 169. The van der Waals surface area contributed by atoms with Gasteiger partial charge in [-0.3, -0.25) is 4.79 Å². The van der Waals surface area contributed by atoms with Crippen molar-refractivity contribution >= 4 is 5.91 Å². The molecule has 1 fully saturated rings. The van der Waals surface area contributed by atoms with Crippen molar-refractivity contribution in [3.8, 4) is 0 Å². The van der Waals surface area contributed by atoms with E-state index >= 15 is 0 Å². The van der Waals surface area contributed by atoms with Gasteiger partial charge < -0.3 is 20.5 Å². The van der Waals surface area contributed by atoms with Crippen molar-refractivity contribution in [3.05, 3.63) is 0 Å². The first-order valence-corrected chi connectivity index (χ1v) is 4.40. The third-order valence-electron chi connectivity index (χ3n) is 2.08. The van der Waals surface area contributed by atoms with Crippen LogP contribution in [0.3, 0.4) is 0 Å². The summed E-state index contributed by atoms with van der Waals surface area (Å²) >= 11 is 0. The first-order chi connectivity index (χ1) is 6.24. The average Bonchev–Trinajstić information content (AvgIpc) is 2.57. The maximum absolute atomic E-state index is 10.8. The van der Waals surface area contributed by atoms with Crippen molar-refractivity contribution in [3.63, 3.8) is 0 Å². The highest BCUT2D eigenvalue weighted by atomic mass is 16.5. The molecule has 3 N–H and O–H groups in total. The molecule has 1 heterocycles. The van der Waals surface area contributed by atoms with E-state index in [0.717, 1.165) is 13.0 Å². The molecule has 1 aliphatic heterocycles. The number of primary amides is 1. The summed E-state index contributed by atoms with van der Waals surface area (Å²) in [4.78, 5) is 10.8. The van der Waals surface area contributed by atoms with E-state index in [9.17, 15) is 4.79 Å². The van der Waals surface area contributed by atoms with Crippen LogP contribution in [0.15, 0.2) is 0 Å². The topological polar surface area (TPSA) is 73.6 Å². The molecule has 5 nitrogen and oxygen atoms in total. The Hall–Kier alpha value is -0.650. The minimum Gasteiger partial charge on any atom is -0.379 e. The summed E-state index contributed by atoms with van der Waals surface area (Å²) in [6.07, 6.45) is 1.02. The summed E-state index contributed by atoms with van der Waals surface area (Å²) in [5.74, 6) is -0.388. The standard InChI is InChI=1S/C8H16N2O3/c1-10-7(8(9)11)5-13-6-2-3-12-4-6/h6-7,10H,2-5H2,1H3,(H2,9,11). The van der Waals surface area contributed by atoms with Crippen LogP contribution >= 0.6 is 0 Å². The van der Waals surface area contributed by atoms with Gasteiger partial charge in [0.15, 0.2) is 0 Å². The lowest BCUT2D eigenvalue weighted by Gasteiger charge is -2.15. The fourth-order valence-electron chi connectivity index (χ4n) is 1.18. The van der Waals surface area contributed by atoms with Gasteiger partial charge in [-0.05, 0) is 13.5 Å². The molecule has 1 saturated heterocycles. The summed E-state index contributed by atoms with van der Waals surface area (Å²) in [7, 11) is 1.68. The van der Waals surface area contributed by atoms with Gasteiger partial charge in [0, 0.05) is 6.61 Å². The van der Waals surface area contributed by atoms with Gasteiger partial charge in [0.2, 0.25) is 5.91 Å². The first kappa shape index (κ1) is 10.4. The molecule has 13 heavy (non-hydrogen) atoms. The van der Waals surface area contributed by atoms with E-state index in [1.54, 1.807) is 7.05 Å². The van der Waals surface area contributed by atoms with Crippen LogP contribution in [-0.2, 0) is 14.3 Å². The Labute approximate surface area is 77.6 Å². The van der Waals surface area contributed by atoms with E-state index in [0.29, 0.717) is 13.2 Å².